The number of benzene rings is 2. The Morgan fingerprint density at radius 3 is 2.63 bits per heavy atom. The van der Waals surface area contributed by atoms with Gasteiger partial charge in [-0.1, -0.05) is 19.1 Å². The molecule has 10 nitrogen and oxygen atoms in total. The number of alkyl halides is 1. The van der Waals surface area contributed by atoms with E-state index in [-0.39, 0.29) is 37.0 Å². The molecular weight excluding hydrogens is 614 g/mol. The number of anilines is 2. The molecule has 1 unspecified atom stereocenters. The van der Waals surface area contributed by atoms with Gasteiger partial charge in [0.1, 0.15) is 34.3 Å². The van der Waals surface area contributed by atoms with Crippen molar-refractivity contribution >= 4 is 39.5 Å². The van der Waals surface area contributed by atoms with Crippen molar-refractivity contribution in [3.05, 3.63) is 66.2 Å². The molecule has 1 fully saturated rings. The van der Waals surface area contributed by atoms with Crippen LogP contribution in [0.15, 0.2) is 54.9 Å². The molecular formula is C33H38F2N6O4S. The smallest absolute Gasteiger partial charge is 0.410 e. The zero-order valence-corrected chi connectivity index (χ0v) is 27.3. The van der Waals surface area contributed by atoms with E-state index in [0.717, 1.165) is 5.56 Å². The van der Waals surface area contributed by atoms with Crippen LogP contribution in [0.1, 0.15) is 46.1 Å². The Labute approximate surface area is 269 Å². The number of nitrogens with one attached hydrogen (secondary N) is 2. The number of piperidine rings is 1. The number of fused-ring (bicyclic) bond motifs is 1. The molecule has 0 spiro atoms. The lowest BCUT2D eigenvalue weighted by molar-refractivity contribution is 0.0124. The van der Waals surface area contributed by atoms with Crippen LogP contribution in [0.3, 0.4) is 0 Å². The van der Waals surface area contributed by atoms with Crippen LogP contribution < -0.4 is 14.8 Å². The number of pyridine rings is 1. The third kappa shape index (κ3) is 7.87. The van der Waals surface area contributed by atoms with Gasteiger partial charge in [0.2, 0.25) is 11.8 Å². The lowest BCUT2D eigenvalue weighted by Crippen LogP contribution is -2.51. The van der Waals surface area contributed by atoms with E-state index in [1.165, 1.54) is 11.0 Å². The van der Waals surface area contributed by atoms with Crippen molar-refractivity contribution in [1.82, 2.24) is 19.9 Å². The van der Waals surface area contributed by atoms with Crippen molar-refractivity contribution in [2.24, 2.45) is 0 Å². The molecule has 1 saturated heterocycles. The molecule has 13 heteroatoms. The fourth-order valence-electron chi connectivity index (χ4n) is 5.19. The number of rotatable bonds is 9. The summed E-state index contributed by atoms with van der Waals surface area (Å²) in [5.41, 5.74) is 1.30. The topological polar surface area (TPSA) is 119 Å². The molecule has 1 aliphatic heterocycles. The maximum absolute atomic E-state index is 14.9. The number of hydrogen-bond donors (Lipinski definition) is 2. The number of likely N-dealkylation sites (tertiary alicyclic amines) is 1. The largest absolute Gasteiger partial charge is 0.444 e. The standard InChI is InChI=1S/C33H38F2N6O4S/c1-6-16-46(43)40-28-23-10-9-20(2)29(24(23)11-12-26(28)35)44-30-25(8-7-14-36-30)27-13-15-37-31(39-27)38-22-17-21(34)18-41(19-22)32(42)45-33(3,4)5/h7-15,21-22,40H,6,16-19H2,1-5H3,(H,37,38,39)/t21-,22-,46?/m0/s1. The van der Waals surface area contributed by atoms with Gasteiger partial charge in [-0.05, 0) is 70.0 Å². The predicted molar refractivity (Wildman–Crippen MR) is 176 cm³/mol. The predicted octanol–water partition coefficient (Wildman–Crippen LogP) is 7.18. The summed E-state index contributed by atoms with van der Waals surface area (Å²) in [7, 11) is -1.44. The van der Waals surface area contributed by atoms with Gasteiger partial charge in [-0.25, -0.2) is 32.7 Å². The summed E-state index contributed by atoms with van der Waals surface area (Å²) in [6, 6.07) is 11.3. The van der Waals surface area contributed by atoms with Gasteiger partial charge in [-0.15, -0.1) is 0 Å². The van der Waals surface area contributed by atoms with E-state index < -0.39 is 40.7 Å². The maximum Gasteiger partial charge on any atom is 0.410 e. The van der Waals surface area contributed by atoms with E-state index in [4.69, 9.17) is 9.47 Å². The van der Waals surface area contributed by atoms with Gasteiger partial charge >= 0.3 is 6.09 Å². The molecule has 0 radical (unpaired) electrons. The number of hydrogen-bond acceptors (Lipinski definition) is 8. The first-order valence-electron chi connectivity index (χ1n) is 15.1. The lowest BCUT2D eigenvalue weighted by Gasteiger charge is -2.36. The van der Waals surface area contributed by atoms with Crippen LogP contribution in [0, 0.1) is 12.7 Å². The molecule has 244 valence electrons. The average molecular weight is 653 g/mol. The Morgan fingerprint density at radius 1 is 1.09 bits per heavy atom. The van der Waals surface area contributed by atoms with Crippen LogP contribution in [-0.2, 0) is 15.7 Å². The highest BCUT2D eigenvalue weighted by molar-refractivity contribution is 7.86. The molecule has 1 aliphatic rings. The minimum Gasteiger partial charge on any atom is -0.444 e. The number of nitrogens with zero attached hydrogens (tertiary/aromatic N) is 4. The minimum atomic E-state index is -1.44. The molecule has 46 heavy (non-hydrogen) atoms. The summed E-state index contributed by atoms with van der Waals surface area (Å²) in [4.78, 5) is 27.4. The summed E-state index contributed by atoms with van der Waals surface area (Å²) < 4.78 is 56.7. The number of ether oxygens (including phenoxy) is 2. The molecule has 2 aromatic heterocycles. The number of aromatic nitrogens is 3. The van der Waals surface area contributed by atoms with E-state index in [1.807, 2.05) is 19.9 Å². The summed E-state index contributed by atoms with van der Waals surface area (Å²) in [6.45, 7) is 9.26. The molecule has 0 aliphatic carbocycles. The number of carbonyl (C=O) groups is 1. The second-order valence-corrected chi connectivity index (χ2v) is 13.5. The Kier molecular flexibility index (Phi) is 10.00. The van der Waals surface area contributed by atoms with E-state index in [2.05, 4.69) is 25.0 Å². The van der Waals surface area contributed by atoms with E-state index in [1.54, 1.807) is 63.5 Å². The first kappa shape index (κ1) is 33.0. The molecule has 3 atom stereocenters. The summed E-state index contributed by atoms with van der Waals surface area (Å²) in [5, 5.41) is 4.31. The van der Waals surface area contributed by atoms with E-state index in [0.29, 0.717) is 40.0 Å². The number of aryl methyl sites for hydroxylation is 1. The van der Waals surface area contributed by atoms with Crippen LogP contribution >= 0.6 is 0 Å². The summed E-state index contributed by atoms with van der Waals surface area (Å²) >= 11 is 0. The second kappa shape index (κ2) is 13.9. The Balaban J connectivity index is 1.41. The number of amides is 1. The van der Waals surface area contributed by atoms with Crippen molar-refractivity contribution in [2.45, 2.75) is 65.3 Å². The van der Waals surface area contributed by atoms with Gasteiger partial charge in [0, 0.05) is 47.9 Å². The monoisotopic (exact) mass is 652 g/mol. The molecule has 0 saturated carbocycles. The Morgan fingerprint density at radius 2 is 1.87 bits per heavy atom. The Hall–Kier alpha value is -4.39. The van der Waals surface area contributed by atoms with Crippen LogP contribution in [-0.4, -0.2) is 66.8 Å². The lowest BCUT2D eigenvalue weighted by atomic mass is 10.0. The molecule has 0 bridgehead atoms. The molecule has 4 aromatic rings. The zero-order chi connectivity index (χ0) is 33.0. The molecule has 2 aromatic carbocycles. The van der Waals surface area contributed by atoms with Crippen LogP contribution in [0.25, 0.3) is 22.0 Å². The van der Waals surface area contributed by atoms with Crippen molar-refractivity contribution in [3.63, 3.8) is 0 Å². The highest BCUT2D eigenvalue weighted by atomic mass is 32.2. The van der Waals surface area contributed by atoms with Crippen LogP contribution in [0.5, 0.6) is 11.6 Å². The van der Waals surface area contributed by atoms with Gasteiger partial charge in [-0.3, -0.25) is 0 Å². The van der Waals surface area contributed by atoms with Crippen molar-refractivity contribution in [3.8, 4) is 22.9 Å². The second-order valence-electron chi connectivity index (χ2n) is 12.2. The normalized spacial score (nSPS) is 17.4. The van der Waals surface area contributed by atoms with E-state index in [9.17, 15) is 17.8 Å². The molecule has 3 heterocycles. The average Bonchev–Trinajstić information content (AvgIpc) is 2.99. The first-order chi connectivity index (χ1) is 21.9. The molecule has 5 rings (SSSR count). The summed E-state index contributed by atoms with van der Waals surface area (Å²) in [5.74, 6) is 0.844. The quantitative estimate of drug-likeness (QED) is 0.195. The van der Waals surface area contributed by atoms with Crippen LogP contribution in [0.2, 0.25) is 0 Å². The Bertz CT molecular complexity index is 1750. The van der Waals surface area contributed by atoms with Crippen molar-refractivity contribution < 1.29 is 27.3 Å². The summed E-state index contributed by atoms with van der Waals surface area (Å²) in [6.07, 6.45) is 2.22. The van der Waals surface area contributed by atoms with Crippen molar-refractivity contribution in [1.29, 1.82) is 0 Å². The van der Waals surface area contributed by atoms with Gasteiger partial charge in [0.25, 0.3) is 0 Å². The van der Waals surface area contributed by atoms with Gasteiger partial charge in [-0.2, -0.15) is 0 Å². The first-order valence-corrected chi connectivity index (χ1v) is 16.5. The fraction of sp³-hybridized carbons (Fsp3) is 0.394. The maximum atomic E-state index is 14.9. The van der Waals surface area contributed by atoms with Gasteiger partial charge in [0.15, 0.2) is 0 Å². The van der Waals surface area contributed by atoms with Gasteiger partial charge in [0.05, 0.1) is 23.5 Å². The molecule has 2 N–H and O–H groups in total. The number of carbonyl (C=O) groups excluding carboxylic acids is 1. The highest BCUT2D eigenvalue weighted by Gasteiger charge is 2.33. The number of halogens is 2. The van der Waals surface area contributed by atoms with Crippen LogP contribution in [0.4, 0.5) is 25.2 Å². The minimum absolute atomic E-state index is 0.0429. The SMILES string of the molecule is CCCS(=O)Nc1c(F)ccc2c(Oc3ncccc3-c3ccnc(N[C@H]4C[C@H](F)CN(C(=O)OC(C)(C)C)C4)n3)c(C)ccc12. The zero-order valence-electron chi connectivity index (χ0n) is 26.5. The van der Waals surface area contributed by atoms with Crippen molar-refractivity contribution in [2.75, 3.05) is 28.9 Å². The van der Waals surface area contributed by atoms with Gasteiger partial charge < -0.3 is 24.4 Å². The van der Waals surface area contributed by atoms with E-state index >= 15 is 0 Å². The third-order valence-electron chi connectivity index (χ3n) is 7.19. The molecule has 1 amide bonds. The highest BCUT2D eigenvalue weighted by Crippen LogP contribution is 2.39. The third-order valence-corrected chi connectivity index (χ3v) is 8.40. The fourth-order valence-corrected chi connectivity index (χ4v) is 6.10.